The number of benzene rings is 2. The topological polar surface area (TPSA) is 38.1 Å². The minimum atomic E-state index is -0.221. The standard InChI is InChI=1S/C17H17FN2O/c1-2-19-10-9-17-20-11-16(21-17)14-7-8-15(18)13-6-4-3-5-12(13)14/h3-8,11,19H,2,9-10H2,1H3. The maximum Gasteiger partial charge on any atom is 0.196 e. The highest BCUT2D eigenvalue weighted by molar-refractivity contribution is 5.95. The molecule has 108 valence electrons. The van der Waals surface area contributed by atoms with E-state index < -0.39 is 0 Å². The molecule has 0 fully saturated rings. The molecule has 0 aliphatic heterocycles. The Kier molecular flexibility index (Phi) is 3.97. The number of fused-ring (bicyclic) bond motifs is 1. The first-order valence-electron chi connectivity index (χ1n) is 7.12. The molecule has 1 N–H and O–H groups in total. The van der Waals surface area contributed by atoms with Gasteiger partial charge in [-0.05, 0) is 24.1 Å². The van der Waals surface area contributed by atoms with Crippen molar-refractivity contribution in [1.29, 1.82) is 0 Å². The van der Waals surface area contributed by atoms with Crippen molar-refractivity contribution >= 4 is 10.8 Å². The Morgan fingerprint density at radius 1 is 1.14 bits per heavy atom. The fourth-order valence-corrected chi connectivity index (χ4v) is 2.40. The van der Waals surface area contributed by atoms with Crippen LogP contribution in [0.5, 0.6) is 0 Å². The van der Waals surface area contributed by atoms with Crippen molar-refractivity contribution < 1.29 is 8.81 Å². The van der Waals surface area contributed by atoms with Crippen molar-refractivity contribution in [2.45, 2.75) is 13.3 Å². The monoisotopic (exact) mass is 284 g/mol. The van der Waals surface area contributed by atoms with E-state index in [1.165, 1.54) is 6.07 Å². The van der Waals surface area contributed by atoms with Crippen LogP contribution in [0, 0.1) is 5.82 Å². The third kappa shape index (κ3) is 2.81. The van der Waals surface area contributed by atoms with Crippen LogP contribution in [0.4, 0.5) is 4.39 Å². The van der Waals surface area contributed by atoms with Crippen LogP contribution in [0.2, 0.25) is 0 Å². The van der Waals surface area contributed by atoms with E-state index in [4.69, 9.17) is 4.42 Å². The van der Waals surface area contributed by atoms with Crippen LogP contribution in [0.15, 0.2) is 47.0 Å². The van der Waals surface area contributed by atoms with Gasteiger partial charge in [0.2, 0.25) is 0 Å². The van der Waals surface area contributed by atoms with Gasteiger partial charge in [-0.1, -0.05) is 31.2 Å². The zero-order valence-electron chi connectivity index (χ0n) is 11.9. The molecule has 2 aromatic carbocycles. The molecule has 0 saturated carbocycles. The third-order valence-corrected chi connectivity index (χ3v) is 3.46. The lowest BCUT2D eigenvalue weighted by molar-refractivity contribution is 0.497. The smallest absolute Gasteiger partial charge is 0.196 e. The highest BCUT2D eigenvalue weighted by Gasteiger charge is 2.11. The van der Waals surface area contributed by atoms with Crippen molar-refractivity contribution in [1.82, 2.24) is 10.3 Å². The highest BCUT2D eigenvalue weighted by Crippen LogP contribution is 2.30. The van der Waals surface area contributed by atoms with Gasteiger partial charge in [0.1, 0.15) is 5.82 Å². The van der Waals surface area contributed by atoms with E-state index in [1.54, 1.807) is 18.3 Å². The molecule has 0 bridgehead atoms. The van der Waals surface area contributed by atoms with E-state index >= 15 is 0 Å². The molecule has 0 aliphatic carbocycles. The molecule has 0 aliphatic rings. The van der Waals surface area contributed by atoms with Gasteiger partial charge in [-0.15, -0.1) is 0 Å². The number of hydrogen-bond donors (Lipinski definition) is 1. The van der Waals surface area contributed by atoms with Gasteiger partial charge in [-0.3, -0.25) is 0 Å². The number of nitrogens with zero attached hydrogens (tertiary/aromatic N) is 1. The summed E-state index contributed by atoms with van der Waals surface area (Å²) in [7, 11) is 0. The quantitative estimate of drug-likeness (QED) is 0.724. The fraction of sp³-hybridized carbons (Fsp3) is 0.235. The molecule has 3 aromatic rings. The number of oxazole rings is 1. The van der Waals surface area contributed by atoms with Gasteiger partial charge in [-0.25, -0.2) is 9.37 Å². The first-order valence-corrected chi connectivity index (χ1v) is 7.12. The molecule has 4 heteroatoms. The highest BCUT2D eigenvalue weighted by atomic mass is 19.1. The minimum Gasteiger partial charge on any atom is -0.441 e. The summed E-state index contributed by atoms with van der Waals surface area (Å²) in [6.45, 7) is 3.82. The average molecular weight is 284 g/mol. The van der Waals surface area contributed by atoms with E-state index in [1.807, 2.05) is 18.2 Å². The second-order valence-electron chi connectivity index (χ2n) is 4.86. The lowest BCUT2D eigenvalue weighted by Gasteiger charge is -2.04. The molecule has 21 heavy (non-hydrogen) atoms. The van der Waals surface area contributed by atoms with Crippen LogP contribution in [-0.2, 0) is 6.42 Å². The molecule has 0 atom stereocenters. The first-order chi connectivity index (χ1) is 10.3. The molecule has 3 rings (SSSR count). The largest absolute Gasteiger partial charge is 0.441 e. The lowest BCUT2D eigenvalue weighted by Crippen LogP contribution is -2.16. The van der Waals surface area contributed by atoms with Gasteiger partial charge < -0.3 is 9.73 Å². The number of halogens is 1. The van der Waals surface area contributed by atoms with Gasteiger partial charge in [-0.2, -0.15) is 0 Å². The Labute approximate surface area is 122 Å². The summed E-state index contributed by atoms with van der Waals surface area (Å²) in [5.41, 5.74) is 0.870. The maximum absolute atomic E-state index is 13.8. The summed E-state index contributed by atoms with van der Waals surface area (Å²) in [6.07, 6.45) is 2.45. The van der Waals surface area contributed by atoms with Crippen molar-refractivity contribution in [2.24, 2.45) is 0 Å². The molecular weight excluding hydrogens is 267 g/mol. The van der Waals surface area contributed by atoms with Gasteiger partial charge in [0.25, 0.3) is 0 Å². The van der Waals surface area contributed by atoms with Crippen molar-refractivity contribution in [2.75, 3.05) is 13.1 Å². The van der Waals surface area contributed by atoms with E-state index in [-0.39, 0.29) is 5.82 Å². The van der Waals surface area contributed by atoms with Crippen molar-refractivity contribution in [3.05, 3.63) is 54.3 Å². The number of rotatable bonds is 5. The van der Waals surface area contributed by atoms with Crippen LogP contribution >= 0.6 is 0 Å². The molecule has 3 nitrogen and oxygen atoms in total. The molecule has 1 aromatic heterocycles. The number of nitrogens with one attached hydrogen (secondary N) is 1. The third-order valence-electron chi connectivity index (χ3n) is 3.46. The predicted octanol–water partition coefficient (Wildman–Crippen LogP) is 3.79. The predicted molar refractivity (Wildman–Crippen MR) is 81.7 cm³/mol. The molecule has 0 radical (unpaired) electrons. The number of likely N-dealkylation sites (N-methyl/N-ethyl adjacent to an activating group) is 1. The molecule has 0 saturated heterocycles. The fourth-order valence-electron chi connectivity index (χ4n) is 2.40. The van der Waals surface area contributed by atoms with Crippen LogP contribution in [0.1, 0.15) is 12.8 Å². The van der Waals surface area contributed by atoms with Gasteiger partial charge in [0.05, 0.1) is 6.20 Å². The number of hydrogen-bond acceptors (Lipinski definition) is 3. The Balaban J connectivity index is 1.96. The second-order valence-corrected chi connectivity index (χ2v) is 4.86. The maximum atomic E-state index is 13.8. The van der Waals surface area contributed by atoms with Gasteiger partial charge in [0, 0.05) is 23.9 Å². The zero-order valence-corrected chi connectivity index (χ0v) is 11.9. The van der Waals surface area contributed by atoms with Gasteiger partial charge in [0.15, 0.2) is 11.7 Å². The molecule has 0 spiro atoms. The summed E-state index contributed by atoms with van der Waals surface area (Å²) in [5, 5.41) is 4.67. The van der Waals surface area contributed by atoms with Gasteiger partial charge >= 0.3 is 0 Å². The van der Waals surface area contributed by atoms with Crippen molar-refractivity contribution in [3.8, 4) is 11.3 Å². The Morgan fingerprint density at radius 2 is 1.95 bits per heavy atom. The minimum absolute atomic E-state index is 0.221. The van der Waals surface area contributed by atoms with Crippen LogP contribution in [0.3, 0.4) is 0 Å². The van der Waals surface area contributed by atoms with Crippen LogP contribution in [-0.4, -0.2) is 18.1 Å². The van der Waals surface area contributed by atoms with Crippen molar-refractivity contribution in [3.63, 3.8) is 0 Å². The summed E-state index contributed by atoms with van der Waals surface area (Å²) >= 11 is 0. The van der Waals surface area contributed by atoms with Crippen LogP contribution in [0.25, 0.3) is 22.1 Å². The number of aromatic nitrogens is 1. The van der Waals surface area contributed by atoms with E-state index in [9.17, 15) is 4.39 Å². The summed E-state index contributed by atoms with van der Waals surface area (Å²) in [5.74, 6) is 1.15. The Hall–Kier alpha value is -2.20. The molecular formula is C17H17FN2O. The Morgan fingerprint density at radius 3 is 2.76 bits per heavy atom. The molecule has 0 unspecified atom stereocenters. The van der Waals surface area contributed by atoms with E-state index in [0.717, 1.165) is 30.5 Å². The lowest BCUT2D eigenvalue weighted by atomic mass is 10.0. The van der Waals surface area contributed by atoms with E-state index in [2.05, 4.69) is 17.2 Å². The first kappa shape index (κ1) is 13.8. The molecule has 1 heterocycles. The SMILES string of the molecule is CCNCCc1ncc(-c2ccc(F)c3ccccc23)o1. The molecule has 0 amide bonds. The zero-order chi connectivity index (χ0) is 14.7. The second kappa shape index (κ2) is 6.06. The Bertz CT molecular complexity index is 751. The summed E-state index contributed by atoms with van der Waals surface area (Å²) in [6, 6.07) is 10.6. The summed E-state index contributed by atoms with van der Waals surface area (Å²) in [4.78, 5) is 4.29. The van der Waals surface area contributed by atoms with E-state index in [0.29, 0.717) is 17.0 Å². The summed E-state index contributed by atoms with van der Waals surface area (Å²) < 4.78 is 19.6. The van der Waals surface area contributed by atoms with Crippen LogP contribution < -0.4 is 5.32 Å². The normalized spacial score (nSPS) is 11.1. The average Bonchev–Trinajstić information content (AvgIpc) is 2.97.